The van der Waals surface area contributed by atoms with Gasteiger partial charge in [0, 0.05) is 104 Å². The number of hydrogen-bond donors (Lipinski definition) is 4. The van der Waals surface area contributed by atoms with Crippen LogP contribution in [-0.2, 0) is 100 Å². The Morgan fingerprint density at radius 1 is 0.462 bits per heavy atom. The molecule has 0 bridgehead atoms. The summed E-state index contributed by atoms with van der Waals surface area (Å²) in [4.78, 5) is 134. The number of carboxylic acid groups (broad SMARTS) is 1. The molecule has 0 spiro atoms. The third-order valence-electron chi connectivity index (χ3n) is 11.0. The third-order valence-corrected chi connectivity index (χ3v) is 11.0. The Kier molecular flexibility index (Phi) is 44.3. The van der Waals surface area contributed by atoms with Gasteiger partial charge in [-0.2, -0.15) is 0 Å². The Bertz CT molecular complexity index is 1750. The molecule has 0 aromatic heterocycles. The first kappa shape index (κ1) is 70.8. The summed E-state index contributed by atoms with van der Waals surface area (Å²) >= 11 is 0. The van der Waals surface area contributed by atoms with Crippen LogP contribution in [-0.4, -0.2) is 240 Å². The van der Waals surface area contributed by atoms with E-state index in [-0.39, 0.29) is 166 Å². The van der Waals surface area contributed by atoms with Crippen molar-refractivity contribution in [2.45, 2.75) is 89.9 Å². The van der Waals surface area contributed by atoms with E-state index >= 15 is 0 Å². The van der Waals surface area contributed by atoms with Crippen LogP contribution < -0.4 is 16.0 Å². The number of Topliss-reactive ketones (excluding diaryl/α,β-unsaturated/α-hetero) is 5. The Balaban J connectivity index is 2.18. The lowest BCUT2D eigenvalue weighted by atomic mass is 9.95. The number of alkyl carbamates (subject to hydrolysis) is 1. The minimum Gasteiger partial charge on any atom is -0.481 e. The molecule has 5 amide bonds. The maximum Gasteiger partial charge on any atom is 0.407 e. The molecule has 1 saturated heterocycles. The highest BCUT2D eigenvalue weighted by molar-refractivity contribution is 6.02. The number of methoxy groups -OCH3 is 1. The Morgan fingerprint density at radius 2 is 0.885 bits per heavy atom. The van der Waals surface area contributed by atoms with Gasteiger partial charge in [-0.25, -0.2) is 4.79 Å². The Morgan fingerprint density at radius 3 is 1.37 bits per heavy atom. The molecule has 1 atom stereocenters. The number of rotatable bonds is 56. The van der Waals surface area contributed by atoms with Crippen LogP contribution in [0.2, 0.25) is 0 Å². The van der Waals surface area contributed by atoms with E-state index in [1.807, 2.05) is 0 Å². The van der Waals surface area contributed by atoms with Gasteiger partial charge in [-0.3, -0.25) is 52.8 Å². The first-order chi connectivity index (χ1) is 37.7. The van der Waals surface area contributed by atoms with E-state index in [0.717, 1.165) is 4.90 Å². The molecule has 0 radical (unpaired) electrons. The summed E-state index contributed by atoms with van der Waals surface area (Å²) in [6.07, 6.45) is -0.949. The SMILES string of the molecule is COCCOCCOCCOCCOCCOCCOCCOCCCC(=O)C(COC(=O)NCCC(=O)O)CC(=O)CNC(=O)CCC(=O)CNC(=O)CCC(=O)CCOCCOCCCC(=O)CCN1C(=O)CCC1=O. The van der Waals surface area contributed by atoms with E-state index < -0.39 is 60.3 Å². The molecule has 1 heterocycles. The molecule has 0 aromatic rings. The second-order valence-electron chi connectivity index (χ2n) is 17.4. The zero-order chi connectivity index (χ0) is 57.3. The van der Waals surface area contributed by atoms with Crippen molar-refractivity contribution in [2.75, 3.05) is 165 Å². The van der Waals surface area contributed by atoms with Crippen molar-refractivity contribution in [1.29, 1.82) is 0 Å². The molecule has 1 rings (SSSR count). The molecule has 1 aliphatic heterocycles. The standard InChI is InChI=1S/C51H84N4O23/c1-68-20-21-72-26-27-74-30-31-76-34-35-77-33-32-75-29-28-73-25-23-70-18-3-5-45(60)40(39-78-51(67)52-15-12-50(65)66)36-44(59)38-54-47(62)9-7-43(58)37-53-46(61)8-6-42(57)14-19-71-24-22-69-17-2-4-41(56)13-16-55-48(63)10-11-49(55)64/h40H,2-39H2,1H3,(H,52,67)(H,53,61)(H,54,62)(H,65,66). The lowest BCUT2D eigenvalue weighted by molar-refractivity contribution is -0.139. The number of carbonyl (C=O) groups excluding carboxylic acids is 10. The first-order valence-electron chi connectivity index (χ1n) is 26.5. The second kappa shape index (κ2) is 48.9. The molecule has 1 unspecified atom stereocenters. The molecule has 1 aliphatic rings. The number of ketones is 5. The van der Waals surface area contributed by atoms with Gasteiger partial charge in [-0.15, -0.1) is 0 Å². The summed E-state index contributed by atoms with van der Waals surface area (Å²) < 4.78 is 58.9. The normalized spacial score (nSPS) is 12.6. The second-order valence-corrected chi connectivity index (χ2v) is 17.4. The van der Waals surface area contributed by atoms with E-state index in [4.69, 9.17) is 57.2 Å². The molecule has 1 fully saturated rings. The molecule has 78 heavy (non-hydrogen) atoms. The van der Waals surface area contributed by atoms with Crippen molar-refractivity contribution in [3.63, 3.8) is 0 Å². The lowest BCUT2D eigenvalue weighted by Gasteiger charge is -2.16. The fraction of sp³-hybridized carbons (Fsp3) is 0.784. The Hall–Kier alpha value is -5.23. The summed E-state index contributed by atoms with van der Waals surface area (Å²) in [5, 5.41) is 15.9. The highest BCUT2D eigenvalue weighted by Gasteiger charge is 2.29. The van der Waals surface area contributed by atoms with E-state index in [0.29, 0.717) is 92.3 Å². The number of carbonyl (C=O) groups is 11. The van der Waals surface area contributed by atoms with Gasteiger partial charge in [0.25, 0.3) is 0 Å². The van der Waals surface area contributed by atoms with Crippen LogP contribution in [0.15, 0.2) is 0 Å². The van der Waals surface area contributed by atoms with Crippen LogP contribution in [0.5, 0.6) is 0 Å². The minimum absolute atomic E-state index is 0.0213. The van der Waals surface area contributed by atoms with E-state index in [1.165, 1.54) is 0 Å². The molecule has 27 nitrogen and oxygen atoms in total. The molecule has 0 saturated carbocycles. The number of carboxylic acids is 1. The van der Waals surface area contributed by atoms with Crippen LogP contribution >= 0.6 is 0 Å². The van der Waals surface area contributed by atoms with Crippen LogP contribution in [0.4, 0.5) is 4.79 Å². The number of amides is 5. The maximum absolute atomic E-state index is 13.1. The highest BCUT2D eigenvalue weighted by atomic mass is 16.6. The van der Waals surface area contributed by atoms with Gasteiger partial charge in [0.2, 0.25) is 23.6 Å². The fourth-order valence-electron chi connectivity index (χ4n) is 6.63. The molecule has 4 N–H and O–H groups in total. The van der Waals surface area contributed by atoms with Crippen LogP contribution in [0.1, 0.15) is 89.9 Å². The monoisotopic (exact) mass is 1120 g/mol. The lowest BCUT2D eigenvalue weighted by Crippen LogP contribution is -2.35. The van der Waals surface area contributed by atoms with Gasteiger partial charge in [0.15, 0.2) is 11.6 Å². The van der Waals surface area contributed by atoms with Crippen molar-refractivity contribution in [1.82, 2.24) is 20.9 Å². The summed E-state index contributed by atoms with van der Waals surface area (Å²) in [7, 11) is 1.61. The predicted molar refractivity (Wildman–Crippen MR) is 272 cm³/mol. The topological polar surface area (TPSA) is 349 Å². The van der Waals surface area contributed by atoms with Gasteiger partial charge < -0.3 is 73.2 Å². The van der Waals surface area contributed by atoms with Gasteiger partial charge in [-0.1, -0.05) is 0 Å². The number of ether oxygens (including phenoxy) is 11. The van der Waals surface area contributed by atoms with Crippen LogP contribution in [0.25, 0.3) is 0 Å². The number of nitrogens with one attached hydrogen (secondary N) is 3. The third kappa shape index (κ3) is 42.7. The van der Waals surface area contributed by atoms with E-state index in [2.05, 4.69) is 16.0 Å². The summed E-state index contributed by atoms with van der Waals surface area (Å²) in [5.74, 6) is -5.61. The highest BCUT2D eigenvalue weighted by Crippen LogP contribution is 2.13. The van der Waals surface area contributed by atoms with Crippen LogP contribution in [0, 0.1) is 5.92 Å². The van der Waals surface area contributed by atoms with Gasteiger partial charge in [-0.05, 0) is 12.8 Å². The number of nitrogens with zero attached hydrogens (tertiary/aromatic N) is 1. The summed E-state index contributed by atoms with van der Waals surface area (Å²) in [6, 6.07) is 0. The molecule has 27 heteroatoms. The van der Waals surface area contributed by atoms with Crippen molar-refractivity contribution >= 4 is 64.6 Å². The smallest absolute Gasteiger partial charge is 0.407 e. The quantitative estimate of drug-likeness (QED) is 0.0464. The average Bonchev–Trinajstić information content (AvgIpc) is 3.74. The number of aliphatic carboxylic acids is 1. The van der Waals surface area contributed by atoms with Crippen molar-refractivity contribution in [2.24, 2.45) is 5.92 Å². The summed E-state index contributed by atoms with van der Waals surface area (Å²) in [6.45, 7) is 5.50. The van der Waals surface area contributed by atoms with Crippen molar-refractivity contribution < 1.29 is 110 Å². The number of hydrogen-bond acceptors (Lipinski definition) is 22. The van der Waals surface area contributed by atoms with Gasteiger partial charge in [0.1, 0.15) is 24.0 Å². The molecular weight excluding hydrogens is 1040 g/mol. The first-order valence-corrected chi connectivity index (χ1v) is 26.5. The van der Waals surface area contributed by atoms with Crippen molar-refractivity contribution in [3.05, 3.63) is 0 Å². The zero-order valence-corrected chi connectivity index (χ0v) is 45.3. The largest absolute Gasteiger partial charge is 0.481 e. The molecule has 446 valence electrons. The molecule has 0 aliphatic carbocycles. The fourth-order valence-corrected chi connectivity index (χ4v) is 6.63. The average molecular weight is 1120 g/mol. The van der Waals surface area contributed by atoms with Crippen LogP contribution in [0.3, 0.4) is 0 Å². The molecular formula is C51H84N4O23. The van der Waals surface area contributed by atoms with Crippen molar-refractivity contribution in [3.8, 4) is 0 Å². The minimum atomic E-state index is -1.14. The van der Waals surface area contributed by atoms with Gasteiger partial charge >= 0.3 is 12.1 Å². The Labute approximate surface area is 455 Å². The predicted octanol–water partition coefficient (Wildman–Crippen LogP) is 0.117. The van der Waals surface area contributed by atoms with E-state index in [9.17, 15) is 52.7 Å². The maximum atomic E-state index is 13.1. The number of imide groups is 1. The zero-order valence-electron chi connectivity index (χ0n) is 45.3. The van der Waals surface area contributed by atoms with Gasteiger partial charge in [0.05, 0.1) is 138 Å². The summed E-state index contributed by atoms with van der Waals surface area (Å²) in [5.41, 5.74) is 0. The van der Waals surface area contributed by atoms with E-state index in [1.54, 1.807) is 7.11 Å². The number of likely N-dealkylation sites (tertiary alicyclic amines) is 1. The molecule has 0 aromatic carbocycles.